The molecule has 3 saturated carbocycles. The first-order valence-electron chi connectivity index (χ1n) is 15.7. The smallest absolute Gasteiger partial charge is 0.266 e. The third-order valence-corrected chi connectivity index (χ3v) is 10.8. The lowest BCUT2D eigenvalue weighted by molar-refractivity contribution is -0.0500. The molecule has 1 aliphatic heterocycles. The van der Waals surface area contributed by atoms with Crippen molar-refractivity contribution in [3.63, 3.8) is 0 Å². The maximum Gasteiger partial charge on any atom is 0.266 e. The van der Waals surface area contributed by atoms with Gasteiger partial charge in [0.2, 0.25) is 0 Å². The summed E-state index contributed by atoms with van der Waals surface area (Å²) in [5, 5.41) is 0. The van der Waals surface area contributed by atoms with Crippen molar-refractivity contribution in [1.82, 2.24) is 0 Å². The van der Waals surface area contributed by atoms with Crippen LogP contribution in [0.4, 0.5) is 8.78 Å². The monoisotopic (exact) mass is 492 g/mol. The van der Waals surface area contributed by atoms with Crippen molar-refractivity contribution in [2.45, 2.75) is 141 Å². The molecule has 0 bridgehead atoms. The van der Waals surface area contributed by atoms with Crippen LogP contribution in [0.25, 0.3) is 0 Å². The van der Waals surface area contributed by atoms with Crippen molar-refractivity contribution in [3.05, 3.63) is 12.2 Å². The summed E-state index contributed by atoms with van der Waals surface area (Å²) in [5.74, 6) is 5.66. The molecule has 1 nitrogen and oxygen atoms in total. The number of rotatable bonds is 10. The molecular formula is C32H54F2O. The van der Waals surface area contributed by atoms with Gasteiger partial charge in [-0.05, 0) is 93.0 Å². The third-order valence-electron chi connectivity index (χ3n) is 10.8. The van der Waals surface area contributed by atoms with E-state index in [-0.39, 0.29) is 5.92 Å². The highest BCUT2D eigenvalue weighted by atomic mass is 19.3. The zero-order valence-corrected chi connectivity index (χ0v) is 22.7. The van der Waals surface area contributed by atoms with Crippen LogP contribution in [-0.4, -0.2) is 12.7 Å². The average molecular weight is 493 g/mol. The Morgan fingerprint density at radius 1 is 0.629 bits per heavy atom. The second-order valence-electron chi connectivity index (χ2n) is 13.1. The van der Waals surface area contributed by atoms with Gasteiger partial charge in [0, 0.05) is 5.92 Å². The fourth-order valence-electron chi connectivity index (χ4n) is 8.37. The normalized spacial score (nSPS) is 38.7. The van der Waals surface area contributed by atoms with Crippen molar-refractivity contribution in [2.75, 3.05) is 6.61 Å². The van der Waals surface area contributed by atoms with E-state index in [2.05, 4.69) is 6.92 Å². The average Bonchev–Trinajstić information content (AvgIpc) is 2.89. The van der Waals surface area contributed by atoms with Crippen molar-refractivity contribution in [2.24, 2.45) is 41.4 Å². The molecule has 4 aliphatic rings. The highest BCUT2D eigenvalue weighted by Gasteiger charge is 2.33. The summed E-state index contributed by atoms with van der Waals surface area (Å²) in [6, 6.07) is 0. The van der Waals surface area contributed by atoms with Crippen molar-refractivity contribution >= 4 is 0 Å². The van der Waals surface area contributed by atoms with Crippen LogP contribution in [0.2, 0.25) is 0 Å². The van der Waals surface area contributed by atoms with E-state index in [1.165, 1.54) is 116 Å². The van der Waals surface area contributed by atoms with Gasteiger partial charge in [-0.3, -0.25) is 0 Å². The van der Waals surface area contributed by atoms with Crippen LogP contribution in [-0.2, 0) is 4.74 Å². The van der Waals surface area contributed by atoms with E-state index in [0.717, 1.165) is 48.5 Å². The van der Waals surface area contributed by atoms with Crippen LogP contribution in [0.15, 0.2) is 12.2 Å². The van der Waals surface area contributed by atoms with Crippen LogP contribution in [0.3, 0.4) is 0 Å². The summed E-state index contributed by atoms with van der Waals surface area (Å²) in [4.78, 5) is 0. The van der Waals surface area contributed by atoms with Gasteiger partial charge in [-0.2, -0.15) is 8.78 Å². The number of unbranched alkanes of at least 4 members (excludes halogenated alkanes) is 2. The lowest BCUT2D eigenvalue weighted by Gasteiger charge is -2.39. The van der Waals surface area contributed by atoms with Gasteiger partial charge in [0.1, 0.15) is 0 Å². The van der Waals surface area contributed by atoms with E-state index < -0.39 is 6.08 Å². The van der Waals surface area contributed by atoms with Crippen LogP contribution < -0.4 is 0 Å². The molecule has 35 heavy (non-hydrogen) atoms. The molecule has 4 fully saturated rings. The summed E-state index contributed by atoms with van der Waals surface area (Å²) in [5.41, 5.74) is 0. The molecule has 3 aliphatic carbocycles. The SMILES string of the molecule is CCCCCC1CCC(C2CCC(CCC3CCC(C4CCC(C=C(F)F)CO4)CC3)CC2)CC1. The molecule has 0 spiro atoms. The first kappa shape index (κ1) is 27.6. The van der Waals surface area contributed by atoms with Gasteiger partial charge >= 0.3 is 0 Å². The summed E-state index contributed by atoms with van der Waals surface area (Å²) in [6.45, 7) is 2.81. The van der Waals surface area contributed by atoms with Gasteiger partial charge in [0.05, 0.1) is 12.7 Å². The standard InChI is InChI=1S/C32H54F2O/c1-2-3-4-5-24-8-15-28(16-9-24)29-17-10-25(11-18-29)6-7-26-12-19-30(20-13-26)31-21-14-27(23-35-31)22-32(33)34/h22,24-31H,2-21,23H2,1H3. The van der Waals surface area contributed by atoms with Crippen LogP contribution in [0, 0.1) is 41.4 Å². The van der Waals surface area contributed by atoms with Crippen LogP contribution in [0.5, 0.6) is 0 Å². The Kier molecular flexibility index (Phi) is 11.4. The summed E-state index contributed by atoms with van der Waals surface area (Å²) < 4.78 is 31.0. The van der Waals surface area contributed by atoms with E-state index in [9.17, 15) is 8.78 Å². The second kappa shape index (κ2) is 14.5. The fourth-order valence-corrected chi connectivity index (χ4v) is 8.37. The van der Waals surface area contributed by atoms with E-state index >= 15 is 0 Å². The highest BCUT2D eigenvalue weighted by molar-refractivity contribution is 4.92. The van der Waals surface area contributed by atoms with Crippen molar-refractivity contribution < 1.29 is 13.5 Å². The van der Waals surface area contributed by atoms with E-state index in [4.69, 9.17) is 4.74 Å². The molecule has 1 heterocycles. The van der Waals surface area contributed by atoms with Crippen molar-refractivity contribution in [3.8, 4) is 0 Å². The Balaban J connectivity index is 1.05. The Labute approximate surface area is 215 Å². The predicted octanol–water partition coefficient (Wildman–Crippen LogP) is 10.3. The molecular weight excluding hydrogens is 438 g/mol. The quantitative estimate of drug-likeness (QED) is 0.276. The first-order valence-corrected chi connectivity index (χ1v) is 15.7. The van der Waals surface area contributed by atoms with Gasteiger partial charge in [0.15, 0.2) is 0 Å². The first-order chi connectivity index (χ1) is 17.1. The Hall–Kier alpha value is -0.440. The molecule has 0 aromatic rings. The summed E-state index contributed by atoms with van der Waals surface area (Å²) in [6.07, 6.45) is 27.8. The molecule has 0 N–H and O–H groups in total. The molecule has 2 atom stereocenters. The van der Waals surface area contributed by atoms with E-state index in [1.807, 2.05) is 0 Å². The largest absolute Gasteiger partial charge is 0.377 e. The lowest BCUT2D eigenvalue weighted by Crippen LogP contribution is -2.33. The van der Waals surface area contributed by atoms with Gasteiger partial charge in [-0.1, -0.05) is 84.0 Å². The molecule has 0 amide bonds. The third kappa shape index (κ3) is 8.82. The summed E-state index contributed by atoms with van der Waals surface area (Å²) >= 11 is 0. The zero-order valence-electron chi connectivity index (χ0n) is 22.7. The van der Waals surface area contributed by atoms with Gasteiger partial charge in [-0.25, -0.2) is 0 Å². The van der Waals surface area contributed by atoms with E-state index in [1.54, 1.807) is 0 Å². The molecule has 2 unspecified atom stereocenters. The van der Waals surface area contributed by atoms with Gasteiger partial charge in [0.25, 0.3) is 6.08 Å². The lowest BCUT2D eigenvalue weighted by atomic mass is 9.67. The fraction of sp³-hybridized carbons (Fsp3) is 0.938. The maximum absolute atomic E-state index is 12.5. The number of ether oxygens (including phenoxy) is 1. The number of halogens is 2. The minimum Gasteiger partial charge on any atom is -0.377 e. The minimum atomic E-state index is -1.55. The Bertz CT molecular complexity index is 597. The van der Waals surface area contributed by atoms with E-state index in [0.29, 0.717) is 18.6 Å². The topological polar surface area (TPSA) is 9.23 Å². The maximum atomic E-state index is 12.5. The molecule has 4 rings (SSSR count). The molecule has 0 radical (unpaired) electrons. The van der Waals surface area contributed by atoms with Crippen LogP contribution in [0.1, 0.15) is 135 Å². The predicted molar refractivity (Wildman–Crippen MR) is 142 cm³/mol. The zero-order chi connectivity index (χ0) is 24.5. The van der Waals surface area contributed by atoms with Crippen LogP contribution >= 0.6 is 0 Å². The second-order valence-corrected chi connectivity index (χ2v) is 13.1. The number of hydrogen-bond donors (Lipinski definition) is 0. The molecule has 1 saturated heterocycles. The molecule has 0 aromatic carbocycles. The number of hydrogen-bond acceptors (Lipinski definition) is 1. The summed E-state index contributed by atoms with van der Waals surface area (Å²) in [7, 11) is 0. The van der Waals surface area contributed by atoms with Gasteiger partial charge in [-0.15, -0.1) is 0 Å². The Morgan fingerprint density at radius 3 is 1.60 bits per heavy atom. The highest BCUT2D eigenvalue weighted by Crippen LogP contribution is 2.44. The Morgan fingerprint density at radius 2 is 1.14 bits per heavy atom. The van der Waals surface area contributed by atoms with Gasteiger partial charge < -0.3 is 4.74 Å². The molecule has 202 valence electrons. The van der Waals surface area contributed by atoms with Crippen molar-refractivity contribution in [1.29, 1.82) is 0 Å². The molecule has 0 aromatic heterocycles. The molecule has 3 heteroatoms. The minimum absolute atomic E-state index is 0.0757.